The second-order valence-corrected chi connectivity index (χ2v) is 9.18. The molecule has 0 spiro atoms. The van der Waals surface area contributed by atoms with Crippen LogP contribution in [0.4, 0.5) is 5.69 Å². The molecule has 1 aliphatic rings. The van der Waals surface area contributed by atoms with Crippen molar-refractivity contribution in [1.82, 2.24) is 4.72 Å². The van der Waals surface area contributed by atoms with Crippen molar-refractivity contribution in [3.63, 3.8) is 0 Å². The fourth-order valence-corrected chi connectivity index (χ4v) is 5.03. The summed E-state index contributed by atoms with van der Waals surface area (Å²) in [6.45, 7) is 3.66. The zero-order valence-corrected chi connectivity index (χ0v) is 17.4. The zero-order valence-electron chi connectivity index (χ0n) is 16.6. The van der Waals surface area contributed by atoms with Gasteiger partial charge in [0.05, 0.1) is 4.90 Å². The maximum Gasteiger partial charge on any atom is 0.321 e. The van der Waals surface area contributed by atoms with Gasteiger partial charge < -0.3 is 10.0 Å². The number of hydrogen-bond acceptors (Lipinski definition) is 4. The molecule has 1 fully saturated rings. The van der Waals surface area contributed by atoms with Crippen LogP contribution in [0.2, 0.25) is 0 Å². The minimum atomic E-state index is -3.87. The Hall–Kier alpha value is -2.38. The highest BCUT2D eigenvalue weighted by Gasteiger charge is 2.25. The van der Waals surface area contributed by atoms with E-state index in [1.54, 1.807) is 24.3 Å². The molecule has 0 aromatic heterocycles. The third-order valence-corrected chi connectivity index (χ3v) is 6.94. The molecule has 0 saturated carbocycles. The van der Waals surface area contributed by atoms with Crippen molar-refractivity contribution < 1.29 is 18.3 Å². The normalized spacial score (nSPS) is 16.5. The Morgan fingerprint density at radius 2 is 1.72 bits per heavy atom. The topological polar surface area (TPSA) is 86.7 Å². The Labute approximate surface area is 172 Å². The Kier molecular flexibility index (Phi) is 6.92. The smallest absolute Gasteiger partial charge is 0.321 e. The molecular weight excluding hydrogens is 388 g/mol. The third-order valence-electron chi connectivity index (χ3n) is 5.45. The molecule has 1 atom stereocenters. The molecule has 0 aliphatic carbocycles. The number of piperidine rings is 1. The molecule has 0 radical (unpaired) electrons. The van der Waals surface area contributed by atoms with Crippen LogP contribution in [0.3, 0.4) is 0 Å². The molecule has 29 heavy (non-hydrogen) atoms. The van der Waals surface area contributed by atoms with Gasteiger partial charge in [-0.15, -0.1) is 0 Å². The molecule has 156 valence electrons. The lowest BCUT2D eigenvalue weighted by Crippen LogP contribution is -2.40. The van der Waals surface area contributed by atoms with Gasteiger partial charge in [-0.05, 0) is 55.0 Å². The second kappa shape index (κ2) is 9.41. The maximum atomic E-state index is 12.5. The van der Waals surface area contributed by atoms with Crippen molar-refractivity contribution in [2.75, 3.05) is 18.0 Å². The van der Waals surface area contributed by atoms with Crippen LogP contribution in [0.25, 0.3) is 0 Å². The lowest BCUT2D eigenvalue weighted by atomic mass is 9.89. The van der Waals surface area contributed by atoms with Gasteiger partial charge in [0.25, 0.3) is 0 Å². The number of hydrogen-bond donors (Lipinski definition) is 2. The highest BCUT2D eigenvalue weighted by Crippen LogP contribution is 2.30. The summed E-state index contributed by atoms with van der Waals surface area (Å²) in [5, 5.41) is 9.20. The molecule has 7 heteroatoms. The summed E-state index contributed by atoms with van der Waals surface area (Å²) in [5.74, 6) is -0.601. The molecule has 0 bridgehead atoms. The van der Waals surface area contributed by atoms with Crippen LogP contribution in [0, 0.1) is 0 Å². The second-order valence-electron chi connectivity index (χ2n) is 7.47. The van der Waals surface area contributed by atoms with Crippen molar-refractivity contribution >= 4 is 21.7 Å². The van der Waals surface area contributed by atoms with E-state index >= 15 is 0 Å². The van der Waals surface area contributed by atoms with Gasteiger partial charge >= 0.3 is 5.97 Å². The number of nitrogens with zero attached hydrogens (tertiary/aromatic N) is 1. The van der Waals surface area contributed by atoms with Crippen molar-refractivity contribution in [3.8, 4) is 0 Å². The van der Waals surface area contributed by atoms with Gasteiger partial charge in [0.15, 0.2) is 0 Å². The Balaban J connectivity index is 1.63. The van der Waals surface area contributed by atoms with Crippen LogP contribution in [0.1, 0.15) is 44.1 Å². The van der Waals surface area contributed by atoms with Gasteiger partial charge in [0, 0.05) is 18.8 Å². The maximum absolute atomic E-state index is 12.5. The number of benzene rings is 2. The summed E-state index contributed by atoms with van der Waals surface area (Å²) in [6.07, 6.45) is 2.95. The van der Waals surface area contributed by atoms with E-state index in [0.717, 1.165) is 31.6 Å². The lowest BCUT2D eigenvalue weighted by Gasteiger charge is -2.34. The Bertz CT molecular complexity index is 906. The van der Waals surface area contributed by atoms with Crippen LogP contribution in [-0.4, -0.2) is 38.6 Å². The van der Waals surface area contributed by atoms with Crippen molar-refractivity contribution in [2.45, 2.75) is 49.5 Å². The predicted octanol–water partition coefficient (Wildman–Crippen LogP) is 3.60. The van der Waals surface area contributed by atoms with Gasteiger partial charge in [-0.1, -0.05) is 43.7 Å². The predicted molar refractivity (Wildman–Crippen MR) is 114 cm³/mol. The molecule has 1 heterocycles. The van der Waals surface area contributed by atoms with Crippen molar-refractivity contribution in [2.24, 2.45) is 0 Å². The van der Waals surface area contributed by atoms with Crippen molar-refractivity contribution in [1.29, 1.82) is 0 Å². The first-order valence-electron chi connectivity index (χ1n) is 10.1. The van der Waals surface area contributed by atoms with E-state index in [-0.39, 0.29) is 11.3 Å². The van der Waals surface area contributed by atoms with Gasteiger partial charge in [-0.25, -0.2) is 8.42 Å². The van der Waals surface area contributed by atoms with Gasteiger partial charge in [-0.2, -0.15) is 4.72 Å². The molecule has 1 unspecified atom stereocenters. The molecule has 1 aliphatic heterocycles. The number of anilines is 1. The number of sulfonamides is 1. The summed E-state index contributed by atoms with van der Waals surface area (Å²) in [5.41, 5.74) is 2.36. The monoisotopic (exact) mass is 416 g/mol. The van der Waals surface area contributed by atoms with Crippen LogP contribution in [0.15, 0.2) is 59.5 Å². The zero-order chi connectivity index (χ0) is 20.9. The number of nitrogens with one attached hydrogen (secondary N) is 1. The van der Waals surface area contributed by atoms with E-state index < -0.39 is 22.0 Å². The highest BCUT2D eigenvalue weighted by atomic mass is 32.2. The first kappa shape index (κ1) is 21.3. The van der Waals surface area contributed by atoms with E-state index in [2.05, 4.69) is 33.9 Å². The first-order chi connectivity index (χ1) is 13.9. The van der Waals surface area contributed by atoms with E-state index in [4.69, 9.17) is 0 Å². The Morgan fingerprint density at radius 3 is 2.28 bits per heavy atom. The molecule has 0 amide bonds. The molecular formula is C22H28N2O4S. The quantitative estimate of drug-likeness (QED) is 0.687. The summed E-state index contributed by atoms with van der Waals surface area (Å²) < 4.78 is 27.3. The Morgan fingerprint density at radius 1 is 1.10 bits per heavy atom. The van der Waals surface area contributed by atoms with Gasteiger partial charge in [0.1, 0.15) is 6.04 Å². The standard InChI is InChI=1S/C22H28N2O4S/c1-2-6-21(22(25)26)23-29(27,28)20-11-9-19(10-12-20)24-15-13-18(14-16-24)17-7-4-3-5-8-17/h3-5,7-12,18,21,23H,2,6,13-16H2,1H3,(H,25,26). The third kappa shape index (κ3) is 5.36. The fraction of sp³-hybridized carbons (Fsp3) is 0.409. The first-order valence-corrected chi connectivity index (χ1v) is 11.5. The summed E-state index contributed by atoms with van der Waals surface area (Å²) in [4.78, 5) is 13.6. The number of rotatable bonds is 8. The van der Waals surface area contributed by atoms with E-state index in [1.807, 2.05) is 13.0 Å². The molecule has 3 rings (SSSR count). The minimum absolute atomic E-state index is 0.0859. The van der Waals surface area contributed by atoms with Crippen LogP contribution < -0.4 is 9.62 Å². The average molecular weight is 417 g/mol. The van der Waals surface area contributed by atoms with E-state index in [9.17, 15) is 18.3 Å². The minimum Gasteiger partial charge on any atom is -0.480 e. The van der Waals surface area contributed by atoms with Crippen LogP contribution >= 0.6 is 0 Å². The number of carboxylic acids is 1. The molecule has 1 saturated heterocycles. The fourth-order valence-electron chi connectivity index (χ4n) is 3.81. The van der Waals surface area contributed by atoms with E-state index in [0.29, 0.717) is 12.3 Å². The van der Waals surface area contributed by atoms with Crippen LogP contribution in [0.5, 0.6) is 0 Å². The largest absolute Gasteiger partial charge is 0.480 e. The summed E-state index contributed by atoms with van der Waals surface area (Å²) in [7, 11) is -3.87. The number of carbonyl (C=O) groups is 1. The number of carboxylic acid groups (broad SMARTS) is 1. The highest BCUT2D eigenvalue weighted by molar-refractivity contribution is 7.89. The van der Waals surface area contributed by atoms with Gasteiger partial charge in [0.2, 0.25) is 10.0 Å². The summed E-state index contributed by atoms with van der Waals surface area (Å²) in [6, 6.07) is 16.1. The van der Waals surface area contributed by atoms with Crippen molar-refractivity contribution in [3.05, 3.63) is 60.2 Å². The molecule has 2 aromatic carbocycles. The van der Waals surface area contributed by atoms with Crippen LogP contribution in [-0.2, 0) is 14.8 Å². The lowest BCUT2D eigenvalue weighted by molar-refractivity contribution is -0.139. The summed E-state index contributed by atoms with van der Waals surface area (Å²) >= 11 is 0. The molecule has 6 nitrogen and oxygen atoms in total. The molecule has 2 aromatic rings. The number of aliphatic carboxylic acids is 1. The SMILES string of the molecule is CCCC(NS(=O)(=O)c1ccc(N2CCC(c3ccccc3)CC2)cc1)C(=O)O. The molecule has 2 N–H and O–H groups in total. The van der Waals surface area contributed by atoms with E-state index in [1.165, 1.54) is 5.56 Å². The average Bonchev–Trinajstić information content (AvgIpc) is 2.74. The van der Waals surface area contributed by atoms with Gasteiger partial charge in [-0.3, -0.25) is 4.79 Å².